The van der Waals surface area contributed by atoms with Crippen LogP contribution in [0.25, 0.3) is 0 Å². The minimum atomic E-state index is -0.991. The molecule has 0 spiro atoms. The number of amides is 1. The number of carbonyl (C=O) groups is 2. The Morgan fingerprint density at radius 3 is 2.00 bits per heavy atom. The van der Waals surface area contributed by atoms with Crippen LogP contribution in [0, 0.1) is 0 Å². The summed E-state index contributed by atoms with van der Waals surface area (Å²) in [4.78, 5) is 25.2. The quantitative estimate of drug-likeness (QED) is 0.781. The van der Waals surface area contributed by atoms with Crippen LogP contribution in [0.4, 0.5) is 4.79 Å². The standard InChI is InChI=1S/C13H24N2O3/c1-12(2,3)18-11(17)14-13(4,5)10(16)8-9-15(6)7/h8-9H,1-7H3,(H,14,17)/b9-8+. The molecule has 104 valence electrons. The van der Waals surface area contributed by atoms with Gasteiger partial charge in [0.15, 0.2) is 5.78 Å². The number of nitrogens with zero attached hydrogens (tertiary/aromatic N) is 1. The van der Waals surface area contributed by atoms with E-state index in [1.165, 1.54) is 6.08 Å². The number of carbonyl (C=O) groups excluding carboxylic acids is 2. The van der Waals surface area contributed by atoms with Gasteiger partial charge in [-0.2, -0.15) is 0 Å². The second-order valence-electron chi connectivity index (χ2n) is 5.90. The third kappa shape index (κ3) is 6.93. The van der Waals surface area contributed by atoms with Crippen LogP contribution < -0.4 is 5.32 Å². The summed E-state index contributed by atoms with van der Waals surface area (Å²) < 4.78 is 5.11. The fourth-order valence-corrected chi connectivity index (χ4v) is 1.05. The van der Waals surface area contributed by atoms with E-state index in [2.05, 4.69) is 5.32 Å². The summed E-state index contributed by atoms with van der Waals surface area (Å²) >= 11 is 0. The zero-order chi connectivity index (χ0) is 14.6. The third-order valence-electron chi connectivity index (χ3n) is 1.95. The van der Waals surface area contributed by atoms with Gasteiger partial charge in [0.1, 0.15) is 11.1 Å². The van der Waals surface area contributed by atoms with Crippen LogP contribution in [0.3, 0.4) is 0 Å². The number of ether oxygens (including phenoxy) is 1. The third-order valence-corrected chi connectivity index (χ3v) is 1.95. The van der Waals surface area contributed by atoms with Gasteiger partial charge in [-0.25, -0.2) is 4.79 Å². The monoisotopic (exact) mass is 256 g/mol. The second-order valence-corrected chi connectivity index (χ2v) is 5.90. The topological polar surface area (TPSA) is 58.6 Å². The van der Waals surface area contributed by atoms with Gasteiger partial charge in [-0.3, -0.25) is 4.79 Å². The molecule has 0 heterocycles. The van der Waals surface area contributed by atoms with Gasteiger partial charge in [-0.15, -0.1) is 0 Å². The van der Waals surface area contributed by atoms with Crippen LogP contribution in [0.2, 0.25) is 0 Å². The summed E-state index contributed by atoms with van der Waals surface area (Å²) in [6, 6.07) is 0. The second kappa shape index (κ2) is 5.89. The molecule has 0 saturated heterocycles. The molecule has 5 nitrogen and oxygen atoms in total. The Morgan fingerprint density at radius 2 is 1.61 bits per heavy atom. The van der Waals surface area contributed by atoms with E-state index in [1.54, 1.807) is 45.7 Å². The first-order chi connectivity index (χ1) is 7.94. The molecule has 1 amide bonds. The molecule has 18 heavy (non-hydrogen) atoms. The van der Waals surface area contributed by atoms with Crippen LogP contribution in [0.15, 0.2) is 12.3 Å². The van der Waals surface area contributed by atoms with Crippen LogP contribution >= 0.6 is 0 Å². The number of hydrogen-bond donors (Lipinski definition) is 1. The average molecular weight is 256 g/mol. The van der Waals surface area contributed by atoms with Gasteiger partial charge >= 0.3 is 6.09 Å². The lowest BCUT2D eigenvalue weighted by Gasteiger charge is -2.26. The average Bonchev–Trinajstić information content (AvgIpc) is 2.09. The number of ketones is 1. The van der Waals surface area contributed by atoms with Gasteiger partial charge in [-0.1, -0.05) is 0 Å². The van der Waals surface area contributed by atoms with Crippen molar-refractivity contribution < 1.29 is 14.3 Å². The number of rotatable bonds is 4. The normalized spacial score (nSPS) is 12.4. The van der Waals surface area contributed by atoms with Gasteiger partial charge in [0.2, 0.25) is 0 Å². The molecule has 0 radical (unpaired) electrons. The molecule has 0 rings (SSSR count). The van der Waals surface area contributed by atoms with E-state index in [0.29, 0.717) is 0 Å². The molecule has 0 aliphatic rings. The highest BCUT2D eigenvalue weighted by atomic mass is 16.6. The molecule has 0 aromatic heterocycles. The molecule has 0 fully saturated rings. The first kappa shape index (κ1) is 16.5. The largest absolute Gasteiger partial charge is 0.444 e. The van der Waals surface area contributed by atoms with E-state index in [0.717, 1.165) is 0 Å². The zero-order valence-electron chi connectivity index (χ0n) is 12.3. The molecule has 0 aliphatic heterocycles. The number of hydrogen-bond acceptors (Lipinski definition) is 4. The molecule has 0 unspecified atom stereocenters. The van der Waals surface area contributed by atoms with E-state index in [-0.39, 0.29) is 5.78 Å². The first-order valence-corrected chi connectivity index (χ1v) is 5.84. The summed E-state index contributed by atoms with van der Waals surface area (Å²) in [5.74, 6) is -0.193. The lowest BCUT2D eigenvalue weighted by Crippen LogP contribution is -2.50. The van der Waals surface area contributed by atoms with Crippen molar-refractivity contribution in [3.05, 3.63) is 12.3 Å². The van der Waals surface area contributed by atoms with Crippen LogP contribution in [-0.4, -0.2) is 42.0 Å². The Morgan fingerprint density at radius 1 is 1.11 bits per heavy atom. The summed E-state index contributed by atoms with van der Waals surface area (Å²) in [5.41, 5.74) is -1.57. The molecule has 0 bridgehead atoms. The molecular formula is C13H24N2O3. The Balaban J connectivity index is 4.56. The highest BCUT2D eigenvalue weighted by Crippen LogP contribution is 2.10. The molecule has 1 N–H and O–H groups in total. The fourth-order valence-electron chi connectivity index (χ4n) is 1.05. The smallest absolute Gasteiger partial charge is 0.408 e. The predicted octanol–water partition coefficient (Wildman–Crippen LogP) is 1.93. The molecule has 0 saturated carbocycles. The molecule has 5 heteroatoms. The van der Waals surface area contributed by atoms with Crippen LogP contribution in [0.5, 0.6) is 0 Å². The van der Waals surface area contributed by atoms with E-state index < -0.39 is 17.2 Å². The Hall–Kier alpha value is -1.52. The van der Waals surface area contributed by atoms with Crippen molar-refractivity contribution in [1.82, 2.24) is 10.2 Å². The van der Waals surface area contributed by atoms with E-state index in [9.17, 15) is 9.59 Å². The molecular weight excluding hydrogens is 232 g/mol. The van der Waals surface area contributed by atoms with E-state index in [1.807, 2.05) is 14.1 Å². The van der Waals surface area contributed by atoms with Crippen molar-refractivity contribution in [3.8, 4) is 0 Å². The zero-order valence-corrected chi connectivity index (χ0v) is 12.3. The Labute approximate surface area is 109 Å². The summed E-state index contributed by atoms with van der Waals surface area (Å²) in [5, 5.41) is 2.56. The SMILES string of the molecule is CN(C)/C=C/C(=O)C(C)(C)NC(=O)OC(C)(C)C. The van der Waals surface area contributed by atoms with Crippen molar-refractivity contribution in [2.45, 2.75) is 45.8 Å². The number of nitrogens with one attached hydrogen (secondary N) is 1. The van der Waals surface area contributed by atoms with Gasteiger partial charge in [0.05, 0.1) is 0 Å². The molecule has 0 aromatic carbocycles. The molecule has 0 atom stereocenters. The van der Waals surface area contributed by atoms with Gasteiger partial charge in [0, 0.05) is 20.3 Å². The lowest BCUT2D eigenvalue weighted by molar-refractivity contribution is -0.119. The van der Waals surface area contributed by atoms with Crippen molar-refractivity contribution >= 4 is 11.9 Å². The van der Waals surface area contributed by atoms with E-state index >= 15 is 0 Å². The maximum absolute atomic E-state index is 11.9. The van der Waals surface area contributed by atoms with Crippen molar-refractivity contribution in [2.24, 2.45) is 0 Å². The maximum Gasteiger partial charge on any atom is 0.408 e. The van der Waals surface area contributed by atoms with Crippen LogP contribution in [-0.2, 0) is 9.53 Å². The van der Waals surface area contributed by atoms with Gasteiger partial charge in [-0.05, 0) is 40.7 Å². The Bertz CT molecular complexity index is 339. The van der Waals surface area contributed by atoms with Crippen molar-refractivity contribution in [3.63, 3.8) is 0 Å². The lowest BCUT2D eigenvalue weighted by atomic mass is 9.99. The van der Waals surface area contributed by atoms with Gasteiger partial charge < -0.3 is 15.0 Å². The summed E-state index contributed by atoms with van der Waals surface area (Å²) in [7, 11) is 3.64. The summed E-state index contributed by atoms with van der Waals surface area (Å²) in [6.07, 6.45) is 2.47. The molecule has 0 aromatic rings. The van der Waals surface area contributed by atoms with Gasteiger partial charge in [0.25, 0.3) is 0 Å². The first-order valence-electron chi connectivity index (χ1n) is 5.84. The highest BCUT2D eigenvalue weighted by molar-refractivity contribution is 5.99. The minimum absolute atomic E-state index is 0.193. The predicted molar refractivity (Wildman–Crippen MR) is 71.3 cm³/mol. The Kier molecular flexibility index (Phi) is 5.39. The summed E-state index contributed by atoms with van der Waals surface area (Å²) in [6.45, 7) is 8.59. The van der Waals surface area contributed by atoms with Crippen molar-refractivity contribution in [1.29, 1.82) is 0 Å². The fraction of sp³-hybridized carbons (Fsp3) is 0.692. The minimum Gasteiger partial charge on any atom is -0.444 e. The maximum atomic E-state index is 11.9. The highest BCUT2D eigenvalue weighted by Gasteiger charge is 2.29. The van der Waals surface area contributed by atoms with Crippen LogP contribution in [0.1, 0.15) is 34.6 Å². The number of alkyl carbamates (subject to hydrolysis) is 1. The van der Waals surface area contributed by atoms with Crippen molar-refractivity contribution in [2.75, 3.05) is 14.1 Å². The van der Waals surface area contributed by atoms with E-state index in [4.69, 9.17) is 4.74 Å². The molecule has 0 aliphatic carbocycles.